The highest BCUT2D eigenvalue weighted by Crippen LogP contribution is 2.36. The number of hydrogen-bond donors (Lipinski definition) is 1. The number of aromatic nitrogens is 2. The molecule has 0 atom stereocenters. The summed E-state index contributed by atoms with van der Waals surface area (Å²) in [6.45, 7) is 2.65. The van der Waals surface area contributed by atoms with Crippen molar-refractivity contribution in [3.63, 3.8) is 0 Å². The molecular weight excluding hydrogens is 506 g/mol. The molecule has 0 unspecified atom stereocenters. The zero-order valence-corrected chi connectivity index (χ0v) is 21.2. The summed E-state index contributed by atoms with van der Waals surface area (Å²) >= 11 is 13.0. The highest BCUT2D eigenvalue weighted by Gasteiger charge is 2.32. The average Bonchev–Trinajstić information content (AvgIpc) is 3.37. The first-order valence-corrected chi connectivity index (χ1v) is 12.5. The number of benzene rings is 2. The predicted octanol–water partition coefficient (Wildman–Crippen LogP) is 5.66. The summed E-state index contributed by atoms with van der Waals surface area (Å²) in [5, 5.41) is 14.1. The number of hydrogen-bond acceptors (Lipinski definition) is 6. The third kappa shape index (κ3) is 5.75. The molecule has 1 N–H and O–H groups in total. The minimum Gasteiger partial charge on any atom is -0.492 e. The van der Waals surface area contributed by atoms with Gasteiger partial charge in [0.1, 0.15) is 15.8 Å². The van der Waals surface area contributed by atoms with E-state index >= 15 is 0 Å². The fraction of sp³-hybridized carbons (Fsp3) is 0.200. The van der Waals surface area contributed by atoms with E-state index in [9.17, 15) is 9.59 Å². The molecule has 0 aliphatic carbocycles. The average molecular weight is 528 g/mol. The van der Waals surface area contributed by atoms with Gasteiger partial charge in [-0.1, -0.05) is 53.8 Å². The van der Waals surface area contributed by atoms with Gasteiger partial charge in [-0.15, -0.1) is 0 Å². The summed E-state index contributed by atoms with van der Waals surface area (Å²) in [6, 6.07) is 15.1. The quantitative estimate of drug-likeness (QED) is 0.284. The van der Waals surface area contributed by atoms with E-state index < -0.39 is 5.97 Å². The van der Waals surface area contributed by atoms with Gasteiger partial charge in [-0.3, -0.25) is 14.5 Å². The van der Waals surface area contributed by atoms with Gasteiger partial charge >= 0.3 is 5.97 Å². The second-order valence-electron chi connectivity index (χ2n) is 7.62. The summed E-state index contributed by atoms with van der Waals surface area (Å²) < 4.78 is 7.71. The first-order chi connectivity index (χ1) is 16.9. The minimum atomic E-state index is -0.905. The summed E-state index contributed by atoms with van der Waals surface area (Å²) in [6.07, 6.45) is 3.92. The van der Waals surface area contributed by atoms with E-state index in [-0.39, 0.29) is 18.9 Å². The van der Waals surface area contributed by atoms with E-state index in [0.717, 1.165) is 16.8 Å². The molecule has 1 amide bonds. The molecule has 1 saturated heterocycles. The van der Waals surface area contributed by atoms with Crippen LogP contribution in [0.15, 0.2) is 59.6 Å². The number of carboxylic acid groups (broad SMARTS) is 1. The van der Waals surface area contributed by atoms with Gasteiger partial charge in [-0.25, -0.2) is 4.68 Å². The fourth-order valence-corrected chi connectivity index (χ4v) is 5.11. The first-order valence-electron chi connectivity index (χ1n) is 10.9. The number of thiocarbonyl (C=S) groups is 1. The second kappa shape index (κ2) is 11.1. The number of rotatable bonds is 9. The van der Waals surface area contributed by atoms with Crippen LogP contribution in [0.1, 0.15) is 25.3 Å². The third-order valence-electron chi connectivity index (χ3n) is 5.20. The normalized spacial score (nSPS) is 14.7. The van der Waals surface area contributed by atoms with Gasteiger partial charge in [-0.05, 0) is 49.8 Å². The van der Waals surface area contributed by atoms with Crippen molar-refractivity contribution in [2.45, 2.75) is 19.8 Å². The highest BCUT2D eigenvalue weighted by atomic mass is 35.5. The molecule has 3 aromatic rings. The van der Waals surface area contributed by atoms with E-state index in [4.69, 9.17) is 38.8 Å². The Balaban J connectivity index is 1.71. The van der Waals surface area contributed by atoms with Gasteiger partial charge in [-0.2, -0.15) is 5.10 Å². The summed E-state index contributed by atoms with van der Waals surface area (Å²) in [4.78, 5) is 25.8. The number of carbonyl (C=O) groups is 2. The van der Waals surface area contributed by atoms with Crippen LogP contribution < -0.4 is 4.74 Å². The van der Waals surface area contributed by atoms with E-state index in [1.54, 1.807) is 22.9 Å². The molecule has 0 radical (unpaired) electrons. The number of aliphatic carboxylic acids is 1. The van der Waals surface area contributed by atoms with Crippen LogP contribution in [0.5, 0.6) is 5.75 Å². The number of halogens is 1. The highest BCUT2D eigenvalue weighted by molar-refractivity contribution is 8.26. The van der Waals surface area contributed by atoms with Gasteiger partial charge in [0.15, 0.2) is 0 Å². The Morgan fingerprint density at radius 1 is 1.26 bits per heavy atom. The van der Waals surface area contributed by atoms with Crippen LogP contribution in [-0.4, -0.2) is 49.1 Å². The van der Waals surface area contributed by atoms with Crippen molar-refractivity contribution in [1.29, 1.82) is 0 Å². The van der Waals surface area contributed by atoms with Crippen molar-refractivity contribution in [3.8, 4) is 22.7 Å². The first kappa shape index (κ1) is 25.0. The molecule has 1 aliphatic heterocycles. The van der Waals surface area contributed by atoms with Crippen LogP contribution >= 0.6 is 35.6 Å². The van der Waals surface area contributed by atoms with E-state index in [2.05, 4.69) is 0 Å². The minimum absolute atomic E-state index is 0.0252. The molecule has 2 heterocycles. The zero-order valence-electron chi connectivity index (χ0n) is 18.8. The molecule has 7 nitrogen and oxygen atoms in total. The van der Waals surface area contributed by atoms with Crippen molar-refractivity contribution in [1.82, 2.24) is 14.7 Å². The molecule has 1 aromatic heterocycles. The molecule has 1 aliphatic rings. The van der Waals surface area contributed by atoms with Crippen molar-refractivity contribution in [3.05, 3.63) is 70.2 Å². The maximum Gasteiger partial charge on any atom is 0.303 e. The summed E-state index contributed by atoms with van der Waals surface area (Å²) in [7, 11) is 0. The van der Waals surface area contributed by atoms with Gasteiger partial charge in [0.25, 0.3) is 5.91 Å². The Morgan fingerprint density at radius 2 is 2.03 bits per heavy atom. The summed E-state index contributed by atoms with van der Waals surface area (Å²) in [5.74, 6) is -0.560. The molecule has 180 valence electrons. The number of ether oxygens (including phenoxy) is 1. The SMILES string of the molecule is CCOc1ccc(-c2nn(-c3ccccc3)cc2/C=C2\SC(=S)N(CCCC(=O)O)C2=O)cc1Cl. The molecule has 2 aromatic carbocycles. The van der Waals surface area contributed by atoms with Gasteiger partial charge in [0.2, 0.25) is 0 Å². The lowest BCUT2D eigenvalue weighted by Gasteiger charge is -2.13. The number of nitrogens with zero attached hydrogens (tertiary/aromatic N) is 3. The maximum absolute atomic E-state index is 13.0. The largest absolute Gasteiger partial charge is 0.492 e. The summed E-state index contributed by atoms with van der Waals surface area (Å²) in [5.41, 5.74) is 3.01. The Morgan fingerprint density at radius 3 is 2.71 bits per heavy atom. The van der Waals surface area contributed by atoms with Crippen molar-refractivity contribution >= 4 is 57.9 Å². The molecule has 0 bridgehead atoms. The standard InChI is InChI=1S/C25H22ClN3O4S2/c1-2-33-20-11-10-16(13-19(20)26)23-17(15-29(27-23)18-7-4-3-5-8-18)14-21-24(32)28(25(34)35-21)12-6-9-22(30)31/h3-5,7-8,10-11,13-15H,2,6,9,12H2,1H3,(H,30,31)/b21-14-. The number of para-hydroxylation sites is 1. The number of carbonyl (C=O) groups excluding carboxylic acids is 1. The van der Waals surface area contributed by atoms with Gasteiger partial charge in [0, 0.05) is 30.3 Å². The van der Waals surface area contributed by atoms with Crippen LogP contribution in [0.25, 0.3) is 23.0 Å². The molecule has 4 rings (SSSR count). The monoisotopic (exact) mass is 527 g/mol. The lowest BCUT2D eigenvalue weighted by molar-refractivity contribution is -0.137. The number of thioether (sulfide) groups is 1. The lowest BCUT2D eigenvalue weighted by atomic mass is 10.1. The van der Waals surface area contributed by atoms with Crippen LogP contribution in [0.3, 0.4) is 0 Å². The second-order valence-corrected chi connectivity index (χ2v) is 9.70. The third-order valence-corrected chi connectivity index (χ3v) is 6.87. The Labute approximate surface area is 217 Å². The fourth-order valence-electron chi connectivity index (χ4n) is 3.57. The molecule has 1 fully saturated rings. The van der Waals surface area contributed by atoms with Crippen molar-refractivity contribution in [2.24, 2.45) is 0 Å². The number of carboxylic acids is 1. The van der Waals surface area contributed by atoms with E-state index in [1.165, 1.54) is 16.7 Å². The predicted molar refractivity (Wildman–Crippen MR) is 142 cm³/mol. The molecular formula is C25H22ClN3O4S2. The molecule has 10 heteroatoms. The van der Waals surface area contributed by atoms with E-state index in [1.807, 2.05) is 49.5 Å². The molecule has 35 heavy (non-hydrogen) atoms. The van der Waals surface area contributed by atoms with Gasteiger partial charge < -0.3 is 9.84 Å². The van der Waals surface area contributed by atoms with Gasteiger partial charge in [0.05, 0.1) is 22.2 Å². The Bertz CT molecular complexity index is 1310. The van der Waals surface area contributed by atoms with Crippen LogP contribution in [0.4, 0.5) is 0 Å². The van der Waals surface area contributed by atoms with E-state index in [0.29, 0.717) is 38.7 Å². The zero-order chi connectivity index (χ0) is 24.9. The Kier molecular flexibility index (Phi) is 7.90. The Hall–Kier alpha value is -3.14. The van der Waals surface area contributed by atoms with Crippen LogP contribution in [0.2, 0.25) is 5.02 Å². The van der Waals surface area contributed by atoms with Crippen molar-refractivity contribution in [2.75, 3.05) is 13.2 Å². The number of amides is 1. The van der Waals surface area contributed by atoms with Crippen LogP contribution in [0, 0.1) is 0 Å². The molecule has 0 spiro atoms. The smallest absolute Gasteiger partial charge is 0.303 e. The van der Waals surface area contributed by atoms with Crippen LogP contribution in [-0.2, 0) is 9.59 Å². The molecule has 0 saturated carbocycles. The maximum atomic E-state index is 13.0. The van der Waals surface area contributed by atoms with Crippen molar-refractivity contribution < 1.29 is 19.4 Å². The topological polar surface area (TPSA) is 84.7 Å². The lowest BCUT2D eigenvalue weighted by Crippen LogP contribution is -2.29.